The number of likely N-dealkylation sites (N-methyl/N-ethyl adjacent to an activating group) is 1. The average molecular weight is 532 g/mol. The maximum atomic E-state index is 12.9. The van der Waals surface area contributed by atoms with Crippen LogP contribution in [0.25, 0.3) is 0 Å². The van der Waals surface area contributed by atoms with E-state index < -0.39 is 59.6 Å². The first-order valence-corrected chi connectivity index (χ1v) is 12.3. The van der Waals surface area contributed by atoms with Gasteiger partial charge in [-0.05, 0) is 51.1 Å². The van der Waals surface area contributed by atoms with E-state index in [1.54, 1.807) is 12.1 Å². The predicted octanol–water partition coefficient (Wildman–Crippen LogP) is 0.551. The van der Waals surface area contributed by atoms with E-state index >= 15 is 0 Å². The molecule has 0 unspecified atom stereocenters. The summed E-state index contributed by atoms with van der Waals surface area (Å²) in [6.07, 6.45) is -2.01. The highest BCUT2D eigenvalue weighted by atomic mass is 16.6. The molecular weight excluding hydrogens is 502 g/mol. The fourth-order valence-corrected chi connectivity index (χ4v) is 6.46. The van der Waals surface area contributed by atoms with Gasteiger partial charge in [0.25, 0.3) is 0 Å². The number of carboxylic acid groups (broad SMARTS) is 1. The molecule has 2 heterocycles. The number of aliphatic carboxylic acids is 1. The summed E-state index contributed by atoms with van der Waals surface area (Å²) in [5, 5.41) is 31.8. The standard InChI is InChI=1S/C26H29NO11/c1-12(35-19(30)11-17(23(31)32)36-13(2)28)24(33)37-16-6-7-26(34)18-10-14-4-5-15(29)21-20(14)25(26,22(16)38-21)8-9-27(18)3/h4-6,12,17-18,22,29,34H,7-11H2,1-3H3,(H,31,32)/t12-,17-,18+,22-,25-,26+/m0/s1. The molecule has 2 aliphatic carbocycles. The van der Waals surface area contributed by atoms with Crippen LogP contribution in [0.15, 0.2) is 24.0 Å². The molecule has 12 nitrogen and oxygen atoms in total. The molecule has 0 saturated carbocycles. The lowest BCUT2D eigenvalue weighted by molar-refractivity contribution is -0.177. The molecule has 0 amide bonds. The molecule has 0 radical (unpaired) electrons. The number of piperidine rings is 1. The Bertz CT molecular complexity index is 1260. The molecule has 1 fully saturated rings. The van der Waals surface area contributed by atoms with E-state index in [1.165, 1.54) is 6.92 Å². The highest BCUT2D eigenvalue weighted by Gasteiger charge is 2.72. The number of nitrogens with zero attached hydrogens (tertiary/aromatic N) is 1. The second kappa shape index (κ2) is 8.98. The maximum absolute atomic E-state index is 12.9. The minimum absolute atomic E-state index is 0.0685. The molecule has 3 N–H and O–H groups in total. The first-order valence-electron chi connectivity index (χ1n) is 12.3. The number of ether oxygens (including phenoxy) is 4. The van der Waals surface area contributed by atoms with Gasteiger partial charge in [0.05, 0.1) is 17.4 Å². The van der Waals surface area contributed by atoms with Crippen molar-refractivity contribution < 1.29 is 53.4 Å². The van der Waals surface area contributed by atoms with Crippen LogP contribution in [-0.2, 0) is 45.2 Å². The molecule has 5 rings (SSSR count). The van der Waals surface area contributed by atoms with Crippen molar-refractivity contribution >= 4 is 23.9 Å². The zero-order chi connectivity index (χ0) is 27.6. The SMILES string of the molecule is CC(=O)O[C@@H](CC(=O)O[C@@H](C)C(=O)OC1=CC[C@@]2(O)[C@H]3Cc4ccc(O)c5c4[C@@]2(CCN3C)[C@H]1O5)C(=O)O. The summed E-state index contributed by atoms with van der Waals surface area (Å²) in [6.45, 7) is 2.93. The van der Waals surface area contributed by atoms with Crippen molar-refractivity contribution in [2.24, 2.45) is 0 Å². The van der Waals surface area contributed by atoms with E-state index in [-0.39, 0.29) is 29.7 Å². The molecule has 6 atom stereocenters. The van der Waals surface area contributed by atoms with Crippen LogP contribution in [0.1, 0.15) is 44.2 Å². The molecule has 1 aromatic rings. The lowest BCUT2D eigenvalue weighted by atomic mass is 9.50. The molecule has 204 valence electrons. The normalized spacial score (nSPS) is 30.2. The molecule has 2 aliphatic heterocycles. The van der Waals surface area contributed by atoms with Crippen molar-refractivity contribution in [1.29, 1.82) is 0 Å². The number of esters is 3. The quantitative estimate of drug-likeness (QED) is 0.330. The Hall–Kier alpha value is -3.64. The number of aromatic hydroxyl groups is 1. The van der Waals surface area contributed by atoms with E-state index in [2.05, 4.69) is 9.64 Å². The second-order valence-electron chi connectivity index (χ2n) is 10.3. The third-order valence-corrected chi connectivity index (χ3v) is 8.15. The zero-order valence-electron chi connectivity index (χ0n) is 21.1. The van der Waals surface area contributed by atoms with Crippen LogP contribution >= 0.6 is 0 Å². The van der Waals surface area contributed by atoms with Crippen LogP contribution in [0.3, 0.4) is 0 Å². The smallest absolute Gasteiger partial charge is 0.352 e. The number of rotatable bonds is 7. The molecule has 38 heavy (non-hydrogen) atoms. The van der Waals surface area contributed by atoms with Gasteiger partial charge in [-0.2, -0.15) is 0 Å². The minimum Gasteiger partial charge on any atom is -0.504 e. The molecular formula is C26H29NO11. The van der Waals surface area contributed by atoms with Crippen molar-refractivity contribution in [3.8, 4) is 11.5 Å². The monoisotopic (exact) mass is 531 g/mol. The largest absolute Gasteiger partial charge is 0.504 e. The average Bonchev–Trinajstić information content (AvgIpc) is 3.20. The number of carbonyl (C=O) groups excluding carboxylic acids is 3. The Balaban J connectivity index is 1.37. The summed E-state index contributed by atoms with van der Waals surface area (Å²) in [5.74, 6) is -4.09. The molecule has 0 aromatic heterocycles. The summed E-state index contributed by atoms with van der Waals surface area (Å²) in [6, 6.07) is 3.18. The topological polar surface area (TPSA) is 169 Å². The van der Waals surface area contributed by atoms with Crippen LogP contribution < -0.4 is 4.74 Å². The molecule has 2 bridgehead atoms. The Kier molecular flexibility index (Phi) is 6.14. The van der Waals surface area contributed by atoms with E-state index in [1.807, 2.05) is 13.1 Å². The highest BCUT2D eigenvalue weighted by molar-refractivity contribution is 5.85. The number of likely N-dealkylation sites (tertiary alicyclic amines) is 1. The summed E-state index contributed by atoms with van der Waals surface area (Å²) in [4.78, 5) is 49.6. The van der Waals surface area contributed by atoms with Crippen LogP contribution in [0.5, 0.6) is 11.5 Å². The van der Waals surface area contributed by atoms with E-state index in [0.29, 0.717) is 19.4 Å². The van der Waals surface area contributed by atoms with E-state index in [9.17, 15) is 29.4 Å². The van der Waals surface area contributed by atoms with Crippen molar-refractivity contribution in [3.63, 3.8) is 0 Å². The number of benzene rings is 1. The summed E-state index contributed by atoms with van der Waals surface area (Å²) in [5.41, 5.74) is -0.486. The van der Waals surface area contributed by atoms with Crippen LogP contribution in [-0.4, -0.2) is 87.6 Å². The Morgan fingerprint density at radius 1 is 1.24 bits per heavy atom. The zero-order valence-corrected chi connectivity index (χ0v) is 21.1. The van der Waals surface area contributed by atoms with E-state index in [4.69, 9.17) is 19.3 Å². The first kappa shape index (κ1) is 26.0. The predicted molar refractivity (Wildman–Crippen MR) is 126 cm³/mol. The fourth-order valence-electron chi connectivity index (χ4n) is 6.46. The first-order chi connectivity index (χ1) is 17.9. The van der Waals surface area contributed by atoms with Gasteiger partial charge in [-0.3, -0.25) is 9.59 Å². The van der Waals surface area contributed by atoms with Gasteiger partial charge in [0.2, 0.25) is 6.10 Å². The van der Waals surface area contributed by atoms with Crippen molar-refractivity contribution in [2.75, 3.05) is 13.6 Å². The second-order valence-corrected chi connectivity index (χ2v) is 10.3. The van der Waals surface area contributed by atoms with Crippen molar-refractivity contribution in [1.82, 2.24) is 4.90 Å². The number of hydrogen-bond acceptors (Lipinski definition) is 11. The third kappa shape index (κ3) is 3.73. The van der Waals surface area contributed by atoms with Gasteiger partial charge in [0, 0.05) is 24.9 Å². The third-order valence-electron chi connectivity index (χ3n) is 8.15. The summed E-state index contributed by atoms with van der Waals surface area (Å²) < 4.78 is 21.5. The number of phenols is 1. The number of carbonyl (C=O) groups is 4. The molecule has 1 aromatic carbocycles. The van der Waals surface area contributed by atoms with Gasteiger partial charge in [-0.25, -0.2) is 9.59 Å². The number of hydrogen-bond donors (Lipinski definition) is 3. The Morgan fingerprint density at radius 3 is 2.66 bits per heavy atom. The summed E-state index contributed by atoms with van der Waals surface area (Å²) >= 11 is 0. The lowest BCUT2D eigenvalue weighted by Crippen LogP contribution is -2.74. The molecule has 12 heteroatoms. The molecule has 1 saturated heterocycles. The number of aliphatic hydroxyl groups is 1. The summed E-state index contributed by atoms with van der Waals surface area (Å²) in [7, 11) is 1.96. The van der Waals surface area contributed by atoms with Gasteiger partial charge in [0.15, 0.2) is 23.7 Å². The van der Waals surface area contributed by atoms with Gasteiger partial charge in [-0.15, -0.1) is 0 Å². The van der Waals surface area contributed by atoms with Gasteiger partial charge in [0.1, 0.15) is 5.76 Å². The van der Waals surface area contributed by atoms with E-state index in [0.717, 1.165) is 18.1 Å². The number of carboxylic acids is 1. The Morgan fingerprint density at radius 2 is 1.97 bits per heavy atom. The van der Waals surface area contributed by atoms with Crippen molar-refractivity contribution in [3.05, 3.63) is 35.1 Å². The van der Waals surface area contributed by atoms with Gasteiger partial charge >= 0.3 is 23.9 Å². The van der Waals surface area contributed by atoms with Gasteiger partial charge < -0.3 is 39.2 Å². The molecule has 4 aliphatic rings. The lowest BCUT2D eigenvalue weighted by Gasteiger charge is -2.61. The van der Waals surface area contributed by atoms with Gasteiger partial charge in [-0.1, -0.05) is 6.07 Å². The highest BCUT2D eigenvalue weighted by Crippen LogP contribution is 2.65. The van der Waals surface area contributed by atoms with Crippen LogP contribution in [0, 0.1) is 0 Å². The number of phenolic OH excluding ortho intramolecular Hbond substituents is 1. The van der Waals surface area contributed by atoms with Crippen LogP contribution in [0.4, 0.5) is 0 Å². The van der Waals surface area contributed by atoms with Crippen LogP contribution in [0.2, 0.25) is 0 Å². The van der Waals surface area contributed by atoms with Crippen molar-refractivity contribution in [2.45, 2.75) is 74.9 Å². The molecule has 1 spiro atoms. The Labute approximate surface area is 217 Å². The maximum Gasteiger partial charge on any atom is 0.352 e. The fraction of sp³-hybridized carbons (Fsp3) is 0.538. The minimum atomic E-state index is -1.75.